The summed E-state index contributed by atoms with van der Waals surface area (Å²) in [4.78, 5) is 31.0. The van der Waals surface area contributed by atoms with Crippen molar-refractivity contribution in [1.29, 1.82) is 0 Å². The summed E-state index contributed by atoms with van der Waals surface area (Å²) in [5, 5.41) is 0. The van der Waals surface area contributed by atoms with Gasteiger partial charge in [-0.05, 0) is 0 Å². The van der Waals surface area contributed by atoms with Crippen molar-refractivity contribution in [2.75, 3.05) is 0 Å². The zero-order valence-electron chi connectivity index (χ0n) is 14.9. The third-order valence-corrected chi connectivity index (χ3v) is 5.73. The Morgan fingerprint density at radius 1 is 0.704 bits per heavy atom. The molecule has 2 aliphatic rings. The van der Waals surface area contributed by atoms with Gasteiger partial charge in [0.2, 0.25) is 0 Å². The molecule has 0 heterocycles. The van der Waals surface area contributed by atoms with Crippen LogP contribution >= 0.6 is 15.6 Å². The third-order valence-electron chi connectivity index (χ3n) is 4.03. The first-order valence-corrected chi connectivity index (χ1v) is 11.3. The summed E-state index contributed by atoms with van der Waals surface area (Å²) in [6.07, 6.45) is 9.60. The first-order chi connectivity index (χ1) is 11.3. The number of nitrogens with one attached hydrogen (secondary N) is 2. The van der Waals surface area contributed by atoms with Crippen LogP contribution in [0, 0.1) is 25.7 Å². The number of rotatable bonds is 2. The zero-order chi connectivity index (χ0) is 19.7. The minimum absolute atomic E-state index is 0. The predicted octanol–water partition coefficient (Wildman–Crippen LogP) is 4.05. The maximum atomic E-state index is 9.63. The van der Waals surface area contributed by atoms with Gasteiger partial charge in [0.05, 0.1) is 0 Å². The molecule has 0 bridgehead atoms. The van der Waals surface area contributed by atoms with E-state index >= 15 is 0 Å². The van der Waals surface area contributed by atoms with Gasteiger partial charge in [-0.3, -0.25) is 0 Å². The second kappa shape index (κ2) is 16.3. The van der Waals surface area contributed by atoms with E-state index in [4.69, 9.17) is 31.0 Å². The Morgan fingerprint density at radius 3 is 1.07 bits per heavy atom. The topological polar surface area (TPSA) is 172 Å². The van der Waals surface area contributed by atoms with E-state index in [-0.39, 0.29) is 54.2 Å². The fourth-order valence-corrected chi connectivity index (χ4v) is 3.66. The Bertz CT molecular complexity index is 405. The van der Waals surface area contributed by atoms with E-state index in [9.17, 15) is 9.13 Å². The normalized spacial score (nSPS) is 28.1. The summed E-state index contributed by atoms with van der Waals surface area (Å²) >= 11 is 0. The summed E-state index contributed by atoms with van der Waals surface area (Å²) < 4.78 is 22.2. The van der Waals surface area contributed by atoms with Gasteiger partial charge in [0.15, 0.2) is 0 Å². The second-order valence-electron chi connectivity index (χ2n) is 6.36. The van der Waals surface area contributed by atoms with Crippen molar-refractivity contribution >= 4 is 15.6 Å². The molecule has 13 heteroatoms. The van der Waals surface area contributed by atoms with Crippen molar-refractivity contribution in [2.24, 2.45) is 11.8 Å². The van der Waals surface area contributed by atoms with Crippen LogP contribution < -0.4 is 0 Å². The molecule has 2 fully saturated rings. The molecule has 168 valence electrons. The van der Waals surface area contributed by atoms with Crippen LogP contribution in [0.2, 0.25) is 0 Å². The van der Waals surface area contributed by atoms with Crippen LogP contribution in [0.3, 0.4) is 0 Å². The van der Waals surface area contributed by atoms with Crippen molar-refractivity contribution in [1.82, 2.24) is 0 Å². The van der Waals surface area contributed by atoms with E-state index in [1.54, 1.807) is 0 Å². The van der Waals surface area contributed by atoms with E-state index in [1.165, 1.54) is 38.5 Å². The van der Waals surface area contributed by atoms with Crippen LogP contribution in [0.5, 0.6) is 0 Å². The molecule has 0 aromatic carbocycles. The van der Waals surface area contributed by atoms with Crippen molar-refractivity contribution < 1.29 is 75.1 Å². The van der Waals surface area contributed by atoms with Gasteiger partial charge in [0, 0.05) is 0 Å². The Balaban J connectivity index is -0.000000309. The molecule has 0 aromatic rings. The number of hydrogen-bond acceptors (Lipinski definition) is 3. The molecule has 0 aliphatic heterocycles. The molecule has 27 heavy (non-hydrogen) atoms. The fourth-order valence-electron chi connectivity index (χ4n) is 2.55. The first-order valence-electron chi connectivity index (χ1n) is 8.22. The van der Waals surface area contributed by atoms with Crippen LogP contribution in [-0.4, -0.2) is 31.7 Å². The molecular formula is C14H30N2O7P2Pt2. The van der Waals surface area contributed by atoms with Crippen molar-refractivity contribution in [3.8, 4) is 0 Å². The summed E-state index contributed by atoms with van der Waals surface area (Å²) in [6.45, 7) is 7.78. The third kappa shape index (κ3) is 20.6. The van der Waals surface area contributed by atoms with Gasteiger partial charge in [0.1, 0.15) is 0 Å². The maximum Gasteiger partial charge on any atom is 2.00 e. The average molecular weight is 791 g/mol. The number of phosphoric acid groups is 2. The molecule has 2 rings (SSSR count). The monoisotopic (exact) mass is 790 g/mol. The number of hydrogen-bond donors (Lipinski definition) is 4. The Hall–Kier alpha value is 1.56. The van der Waals surface area contributed by atoms with Crippen molar-refractivity contribution in [3.05, 3.63) is 25.3 Å². The minimum Gasteiger partial charge on any atom is -0.677 e. The van der Waals surface area contributed by atoms with Gasteiger partial charge in [-0.1, -0.05) is 51.4 Å². The molecule has 2 aliphatic carbocycles. The molecule has 0 saturated heterocycles. The van der Waals surface area contributed by atoms with Crippen LogP contribution in [-0.2, 0) is 55.6 Å². The summed E-state index contributed by atoms with van der Waals surface area (Å²) in [6, 6.07) is 0.285. The van der Waals surface area contributed by atoms with E-state index in [1.807, 2.05) is 0 Å². The Labute approximate surface area is 190 Å². The molecule has 9 nitrogen and oxygen atoms in total. The molecule has 0 radical (unpaired) electrons. The maximum absolute atomic E-state index is 9.63. The smallest absolute Gasteiger partial charge is 0.677 e. The van der Waals surface area contributed by atoms with Crippen LogP contribution in [0.25, 0.3) is 11.5 Å². The SMILES string of the molecule is O=P(O)(O)OP(=O)(O)O.[CH2-]C1CCCCC1[NH-].[CH2-]C1CCCCC1[NH-].[Pt+2].[Pt+2]. The van der Waals surface area contributed by atoms with Crippen LogP contribution in [0.15, 0.2) is 0 Å². The first kappa shape index (κ1) is 33.2. The average Bonchev–Trinajstić information content (AvgIpc) is 2.43. The fraction of sp³-hybridized carbons (Fsp3) is 0.857. The van der Waals surface area contributed by atoms with Crippen molar-refractivity contribution in [2.45, 2.75) is 63.5 Å². The molecule has 2 saturated carbocycles. The van der Waals surface area contributed by atoms with E-state index < -0.39 is 15.6 Å². The van der Waals surface area contributed by atoms with Crippen LogP contribution in [0.1, 0.15) is 51.4 Å². The van der Waals surface area contributed by atoms with E-state index in [2.05, 4.69) is 18.2 Å². The van der Waals surface area contributed by atoms with Crippen LogP contribution in [0.4, 0.5) is 0 Å². The van der Waals surface area contributed by atoms with Crippen molar-refractivity contribution in [3.63, 3.8) is 0 Å². The molecule has 6 N–H and O–H groups in total. The molecule has 0 amide bonds. The molecule has 0 aromatic heterocycles. The molecule has 4 unspecified atom stereocenters. The standard InChI is InChI=1S/2C7H13N.H4O7P2.2Pt/c2*1-6-4-2-3-5-7(6)8;1-8(2,3)7-9(4,5)6;;/h2*6-8H,1-5H2;(H2,1,2,3)(H2,4,5,6);;/q2*-2;;2*+2. The van der Waals surface area contributed by atoms with E-state index in [0.717, 1.165) is 12.8 Å². The second-order valence-corrected chi connectivity index (χ2v) is 8.98. The summed E-state index contributed by atoms with van der Waals surface area (Å²) in [7, 11) is -10.1. The molecular weight excluding hydrogens is 760 g/mol. The van der Waals surface area contributed by atoms with Gasteiger partial charge in [-0.2, -0.15) is 28.2 Å². The predicted molar refractivity (Wildman–Crippen MR) is 96.0 cm³/mol. The van der Waals surface area contributed by atoms with Gasteiger partial charge in [-0.15, -0.1) is 0 Å². The van der Waals surface area contributed by atoms with Gasteiger partial charge < -0.3 is 44.9 Å². The van der Waals surface area contributed by atoms with E-state index in [0.29, 0.717) is 11.8 Å². The summed E-state index contributed by atoms with van der Waals surface area (Å²) in [5.41, 5.74) is 14.8. The minimum atomic E-state index is -5.05. The zero-order valence-corrected chi connectivity index (χ0v) is 21.3. The van der Waals surface area contributed by atoms with Gasteiger partial charge in [0.25, 0.3) is 0 Å². The molecule has 4 atom stereocenters. The Kier molecular flexibility index (Phi) is 20.0. The van der Waals surface area contributed by atoms with Gasteiger partial charge >= 0.3 is 57.8 Å². The summed E-state index contributed by atoms with van der Waals surface area (Å²) in [5.74, 6) is 0.840. The largest absolute Gasteiger partial charge is 2.00 e. The van der Waals surface area contributed by atoms with Gasteiger partial charge in [-0.25, -0.2) is 9.13 Å². The quantitative estimate of drug-likeness (QED) is 0.242. The Morgan fingerprint density at radius 2 is 0.963 bits per heavy atom. The molecule has 0 spiro atoms.